The van der Waals surface area contributed by atoms with E-state index >= 15 is 0 Å². The van der Waals surface area contributed by atoms with Crippen molar-refractivity contribution in [2.45, 2.75) is 31.5 Å². The van der Waals surface area contributed by atoms with Crippen LogP contribution in [0.25, 0.3) is 0 Å². The topological polar surface area (TPSA) is 128 Å². The molecule has 0 spiro atoms. The van der Waals surface area contributed by atoms with Gasteiger partial charge in [-0.1, -0.05) is 0 Å². The fourth-order valence-electron chi connectivity index (χ4n) is 2.01. The molecule has 2 rings (SSSR count). The van der Waals surface area contributed by atoms with Crippen LogP contribution in [-0.4, -0.2) is 69.2 Å². The molecule has 1 amide bonds. The fourth-order valence-corrected chi connectivity index (χ4v) is 2.01. The van der Waals surface area contributed by atoms with E-state index in [0.717, 1.165) is 0 Å². The molecule has 1 aliphatic rings. The standard InChI is InChI=1S/C11H17N5O5/c17-10(1-3-16-7-12-14-15-16)13-8-5-20-4-2-9(8)21-6-11(18)19/h7-9H,1-6H2,(H,13,17)(H,18,19)/t8-,9+/m0/s1. The summed E-state index contributed by atoms with van der Waals surface area (Å²) in [6.07, 6.45) is 1.83. The molecule has 0 aliphatic carbocycles. The zero-order chi connectivity index (χ0) is 15.1. The van der Waals surface area contributed by atoms with Gasteiger partial charge in [0.1, 0.15) is 12.9 Å². The van der Waals surface area contributed by atoms with Crippen molar-refractivity contribution in [2.75, 3.05) is 19.8 Å². The first kappa shape index (κ1) is 15.3. The molecule has 21 heavy (non-hydrogen) atoms. The van der Waals surface area contributed by atoms with Gasteiger partial charge in [0.2, 0.25) is 5.91 Å². The number of aliphatic carboxylic acids is 1. The second kappa shape index (κ2) is 7.64. The van der Waals surface area contributed by atoms with Crippen molar-refractivity contribution in [1.82, 2.24) is 25.5 Å². The predicted octanol–water partition coefficient (Wildman–Crippen LogP) is -1.56. The third-order valence-corrected chi connectivity index (χ3v) is 3.02. The Kier molecular flexibility index (Phi) is 5.58. The number of carbonyl (C=O) groups excluding carboxylic acids is 1. The first-order valence-corrected chi connectivity index (χ1v) is 6.56. The summed E-state index contributed by atoms with van der Waals surface area (Å²) in [5.41, 5.74) is 0. The molecule has 2 atom stereocenters. The summed E-state index contributed by atoms with van der Waals surface area (Å²) in [7, 11) is 0. The second-order valence-corrected chi connectivity index (χ2v) is 4.60. The third kappa shape index (κ3) is 5.08. The maximum Gasteiger partial charge on any atom is 0.329 e. The van der Waals surface area contributed by atoms with Crippen LogP contribution in [0.2, 0.25) is 0 Å². The molecule has 2 N–H and O–H groups in total. The Morgan fingerprint density at radius 1 is 1.52 bits per heavy atom. The average Bonchev–Trinajstić information content (AvgIpc) is 2.97. The van der Waals surface area contributed by atoms with E-state index in [9.17, 15) is 9.59 Å². The molecule has 2 heterocycles. The van der Waals surface area contributed by atoms with Gasteiger partial charge >= 0.3 is 5.97 Å². The molecule has 1 saturated heterocycles. The van der Waals surface area contributed by atoms with Gasteiger partial charge in [0.25, 0.3) is 0 Å². The lowest BCUT2D eigenvalue weighted by atomic mass is 10.1. The summed E-state index contributed by atoms with van der Waals surface area (Å²) in [5.74, 6) is -1.23. The van der Waals surface area contributed by atoms with Gasteiger partial charge in [0.05, 0.1) is 25.3 Å². The Balaban J connectivity index is 1.77. The van der Waals surface area contributed by atoms with E-state index in [1.807, 2.05) is 0 Å². The number of rotatable bonds is 7. The van der Waals surface area contributed by atoms with Crippen LogP contribution in [-0.2, 0) is 25.6 Å². The first-order valence-electron chi connectivity index (χ1n) is 6.56. The van der Waals surface area contributed by atoms with E-state index in [-0.39, 0.29) is 31.1 Å². The van der Waals surface area contributed by atoms with Crippen LogP contribution in [0, 0.1) is 0 Å². The Labute approximate surface area is 120 Å². The zero-order valence-electron chi connectivity index (χ0n) is 11.3. The molecule has 0 radical (unpaired) electrons. The number of aromatic nitrogens is 4. The van der Waals surface area contributed by atoms with Crippen LogP contribution in [0.5, 0.6) is 0 Å². The minimum atomic E-state index is -1.04. The van der Waals surface area contributed by atoms with E-state index in [0.29, 0.717) is 26.2 Å². The number of carbonyl (C=O) groups is 2. The van der Waals surface area contributed by atoms with Crippen molar-refractivity contribution >= 4 is 11.9 Å². The van der Waals surface area contributed by atoms with Gasteiger partial charge in [0.15, 0.2) is 0 Å². The number of carboxylic acid groups (broad SMARTS) is 1. The van der Waals surface area contributed by atoms with Gasteiger partial charge in [-0.25, -0.2) is 9.48 Å². The minimum absolute atomic E-state index is 0.190. The van der Waals surface area contributed by atoms with Crippen LogP contribution < -0.4 is 5.32 Å². The lowest BCUT2D eigenvalue weighted by Gasteiger charge is -2.31. The summed E-state index contributed by atoms with van der Waals surface area (Å²) in [5, 5.41) is 22.0. The Bertz CT molecular complexity index is 466. The Morgan fingerprint density at radius 3 is 3.10 bits per heavy atom. The highest BCUT2D eigenvalue weighted by Crippen LogP contribution is 2.12. The fraction of sp³-hybridized carbons (Fsp3) is 0.727. The van der Waals surface area contributed by atoms with E-state index in [4.69, 9.17) is 14.6 Å². The van der Waals surface area contributed by atoms with Gasteiger partial charge < -0.3 is 19.9 Å². The summed E-state index contributed by atoms with van der Waals surface area (Å²) < 4.78 is 12.0. The Morgan fingerprint density at radius 2 is 2.38 bits per heavy atom. The molecule has 0 unspecified atom stereocenters. The number of hydrogen-bond acceptors (Lipinski definition) is 7. The van der Waals surface area contributed by atoms with E-state index in [2.05, 4.69) is 20.8 Å². The molecule has 1 aromatic heterocycles. The normalized spacial score (nSPS) is 21.9. The monoisotopic (exact) mass is 299 g/mol. The van der Waals surface area contributed by atoms with Gasteiger partial charge in [-0.2, -0.15) is 0 Å². The van der Waals surface area contributed by atoms with Crippen LogP contribution in [0.1, 0.15) is 12.8 Å². The largest absolute Gasteiger partial charge is 0.480 e. The number of nitrogens with one attached hydrogen (secondary N) is 1. The SMILES string of the molecule is O=C(O)CO[C@@H]1CCOC[C@@H]1NC(=O)CCn1cnnn1. The number of carboxylic acids is 1. The Hall–Kier alpha value is -2.07. The molecule has 10 heteroatoms. The van der Waals surface area contributed by atoms with Gasteiger partial charge in [-0.15, -0.1) is 5.10 Å². The van der Waals surface area contributed by atoms with Crippen LogP contribution in [0.15, 0.2) is 6.33 Å². The number of nitrogens with zero attached hydrogens (tertiary/aromatic N) is 4. The van der Waals surface area contributed by atoms with Gasteiger partial charge in [-0.3, -0.25) is 4.79 Å². The molecule has 0 bridgehead atoms. The van der Waals surface area contributed by atoms with Crippen molar-refractivity contribution in [1.29, 1.82) is 0 Å². The number of amides is 1. The maximum absolute atomic E-state index is 11.9. The predicted molar refractivity (Wildman–Crippen MR) is 67.2 cm³/mol. The van der Waals surface area contributed by atoms with Crippen LogP contribution >= 0.6 is 0 Å². The molecule has 116 valence electrons. The summed E-state index contributed by atoms with van der Waals surface area (Å²) in [6.45, 7) is 0.775. The second-order valence-electron chi connectivity index (χ2n) is 4.60. The van der Waals surface area contributed by atoms with Crippen molar-refractivity contribution in [3.05, 3.63) is 6.33 Å². The molecular formula is C11H17N5O5. The van der Waals surface area contributed by atoms with Gasteiger partial charge in [-0.05, 0) is 16.8 Å². The first-order chi connectivity index (χ1) is 10.1. The highest BCUT2D eigenvalue weighted by Gasteiger charge is 2.28. The van der Waals surface area contributed by atoms with Gasteiger partial charge in [0, 0.05) is 13.0 Å². The molecular weight excluding hydrogens is 282 g/mol. The quantitative estimate of drug-likeness (QED) is 0.618. The lowest BCUT2D eigenvalue weighted by molar-refractivity contribution is -0.148. The number of ether oxygens (including phenoxy) is 2. The lowest BCUT2D eigenvalue weighted by Crippen LogP contribution is -2.51. The van der Waals surface area contributed by atoms with Crippen LogP contribution in [0.4, 0.5) is 0 Å². The van der Waals surface area contributed by atoms with Crippen molar-refractivity contribution in [3.63, 3.8) is 0 Å². The van der Waals surface area contributed by atoms with Crippen molar-refractivity contribution in [3.8, 4) is 0 Å². The number of aryl methyl sites for hydroxylation is 1. The molecule has 10 nitrogen and oxygen atoms in total. The smallest absolute Gasteiger partial charge is 0.329 e. The highest BCUT2D eigenvalue weighted by molar-refractivity contribution is 5.76. The molecule has 0 saturated carbocycles. The number of tetrazole rings is 1. The van der Waals surface area contributed by atoms with E-state index in [1.54, 1.807) is 0 Å². The molecule has 1 aromatic rings. The highest BCUT2D eigenvalue weighted by atomic mass is 16.5. The molecule has 0 aromatic carbocycles. The van der Waals surface area contributed by atoms with Crippen LogP contribution in [0.3, 0.4) is 0 Å². The van der Waals surface area contributed by atoms with Crippen molar-refractivity contribution < 1.29 is 24.2 Å². The van der Waals surface area contributed by atoms with E-state index in [1.165, 1.54) is 11.0 Å². The number of hydrogen-bond donors (Lipinski definition) is 2. The minimum Gasteiger partial charge on any atom is -0.480 e. The molecule has 1 aliphatic heterocycles. The summed E-state index contributed by atoms with van der Waals surface area (Å²) in [6, 6.07) is -0.348. The average molecular weight is 299 g/mol. The summed E-state index contributed by atoms with van der Waals surface area (Å²) in [4.78, 5) is 22.4. The summed E-state index contributed by atoms with van der Waals surface area (Å²) >= 11 is 0. The molecule has 1 fully saturated rings. The zero-order valence-corrected chi connectivity index (χ0v) is 11.3. The third-order valence-electron chi connectivity index (χ3n) is 3.02. The van der Waals surface area contributed by atoms with Crippen molar-refractivity contribution in [2.24, 2.45) is 0 Å². The maximum atomic E-state index is 11.9. The van der Waals surface area contributed by atoms with E-state index < -0.39 is 5.97 Å².